The van der Waals surface area contributed by atoms with Crippen LogP contribution < -0.4 is 10.6 Å². The van der Waals surface area contributed by atoms with E-state index in [-0.39, 0.29) is 11.9 Å². The van der Waals surface area contributed by atoms with Gasteiger partial charge in [-0.1, -0.05) is 30.3 Å². The molecule has 0 bridgehead atoms. The van der Waals surface area contributed by atoms with Gasteiger partial charge in [0.1, 0.15) is 6.04 Å². The molecule has 2 rings (SSSR count). The maximum absolute atomic E-state index is 12.5. The third-order valence-corrected chi connectivity index (χ3v) is 3.89. The number of carbonyl (C=O) groups is 1. The largest absolute Gasteiger partial charge is 0.353 e. The Morgan fingerprint density at radius 1 is 1.26 bits per heavy atom. The maximum Gasteiger partial charge on any atom is 0.241 e. The van der Waals surface area contributed by atoms with Gasteiger partial charge in [-0.2, -0.15) is 5.10 Å². The first-order chi connectivity index (χ1) is 11.0. The van der Waals surface area contributed by atoms with Gasteiger partial charge in [-0.15, -0.1) is 0 Å². The van der Waals surface area contributed by atoms with Crippen LogP contribution in [-0.2, 0) is 11.8 Å². The topological polar surface area (TPSA) is 62.2 Å². The summed E-state index contributed by atoms with van der Waals surface area (Å²) < 4.78 is 1.69. The summed E-state index contributed by atoms with van der Waals surface area (Å²) >= 11 is 0. The number of nitrogens with one attached hydrogen (secondary N) is 2. The quantitative estimate of drug-likeness (QED) is 0.803. The number of aromatic nitrogens is 2. The first-order valence-corrected chi connectivity index (χ1v) is 7.67. The molecule has 2 atom stereocenters. The molecule has 0 saturated carbocycles. The van der Waals surface area contributed by atoms with Gasteiger partial charge in [-0.3, -0.25) is 9.48 Å². The van der Waals surface area contributed by atoms with Crippen LogP contribution in [0.15, 0.2) is 42.7 Å². The highest BCUT2D eigenvalue weighted by molar-refractivity contribution is 5.83. The highest BCUT2D eigenvalue weighted by Crippen LogP contribution is 2.17. The molecule has 124 valence electrons. The number of amides is 1. The second-order valence-corrected chi connectivity index (χ2v) is 5.80. The Balaban J connectivity index is 2.03. The minimum atomic E-state index is -0.401. The predicted octanol–water partition coefficient (Wildman–Crippen LogP) is 1.10. The van der Waals surface area contributed by atoms with Crippen LogP contribution in [0.25, 0.3) is 0 Å². The summed E-state index contributed by atoms with van der Waals surface area (Å²) in [7, 11) is 7.64. The molecule has 6 heteroatoms. The molecule has 6 nitrogen and oxygen atoms in total. The van der Waals surface area contributed by atoms with E-state index in [0.717, 1.165) is 5.56 Å². The van der Waals surface area contributed by atoms with E-state index >= 15 is 0 Å². The first-order valence-electron chi connectivity index (χ1n) is 7.67. The first kappa shape index (κ1) is 17.2. The molecular weight excluding hydrogens is 290 g/mol. The van der Waals surface area contributed by atoms with Crippen LogP contribution in [0.4, 0.5) is 0 Å². The van der Waals surface area contributed by atoms with Crippen molar-refractivity contribution >= 4 is 5.91 Å². The molecule has 0 fully saturated rings. The summed E-state index contributed by atoms with van der Waals surface area (Å²) in [5, 5.41) is 10.2. The summed E-state index contributed by atoms with van der Waals surface area (Å²) in [6, 6.07) is 9.91. The molecule has 1 aromatic heterocycles. The number of likely N-dealkylation sites (N-methyl/N-ethyl adjacent to an activating group) is 2. The Hall–Kier alpha value is -2.18. The van der Waals surface area contributed by atoms with Crippen molar-refractivity contribution in [1.29, 1.82) is 0 Å². The molecule has 0 aliphatic carbocycles. The molecule has 0 spiro atoms. The molecule has 0 aliphatic rings. The second-order valence-electron chi connectivity index (χ2n) is 5.80. The van der Waals surface area contributed by atoms with Crippen molar-refractivity contribution < 1.29 is 4.79 Å². The van der Waals surface area contributed by atoms with E-state index in [1.807, 2.05) is 45.5 Å². The Labute approximate surface area is 137 Å². The van der Waals surface area contributed by atoms with Gasteiger partial charge in [0.25, 0.3) is 0 Å². The average molecular weight is 315 g/mol. The van der Waals surface area contributed by atoms with Crippen molar-refractivity contribution in [3.63, 3.8) is 0 Å². The number of carbonyl (C=O) groups excluding carboxylic acids is 1. The van der Waals surface area contributed by atoms with Gasteiger partial charge >= 0.3 is 0 Å². The number of hydrogen-bond donors (Lipinski definition) is 2. The van der Waals surface area contributed by atoms with Gasteiger partial charge in [-0.05, 0) is 26.7 Å². The zero-order valence-corrected chi connectivity index (χ0v) is 14.2. The van der Waals surface area contributed by atoms with Crippen molar-refractivity contribution in [3.8, 4) is 0 Å². The van der Waals surface area contributed by atoms with Crippen LogP contribution in [0.1, 0.15) is 23.2 Å². The van der Waals surface area contributed by atoms with Crippen LogP contribution in [-0.4, -0.2) is 48.3 Å². The summed E-state index contributed by atoms with van der Waals surface area (Å²) in [6.07, 6.45) is 3.56. The Kier molecular flexibility index (Phi) is 5.90. The lowest BCUT2D eigenvalue weighted by atomic mass is 10.1. The molecule has 2 unspecified atom stereocenters. The molecule has 1 amide bonds. The fourth-order valence-electron chi connectivity index (χ4n) is 2.61. The number of benzene rings is 1. The Morgan fingerprint density at radius 3 is 2.48 bits per heavy atom. The summed E-state index contributed by atoms with van der Waals surface area (Å²) in [5.41, 5.74) is 2.04. The predicted molar refractivity (Wildman–Crippen MR) is 90.9 cm³/mol. The molecular formula is C17H25N5O. The molecule has 2 N–H and O–H groups in total. The standard InChI is InChI=1S/C17H25N5O/c1-18-16(14-10-20-22(4)12-14)17(23)19-11-15(21(2)3)13-8-6-5-7-9-13/h5-10,12,15-16,18H,11H2,1-4H3,(H,19,23). The molecule has 0 saturated heterocycles. The third kappa shape index (κ3) is 4.40. The Bertz CT molecular complexity index is 623. The highest BCUT2D eigenvalue weighted by Gasteiger charge is 2.22. The van der Waals surface area contributed by atoms with Gasteiger partial charge in [0, 0.05) is 25.4 Å². The molecule has 0 aliphatic heterocycles. The number of rotatable bonds is 7. The van der Waals surface area contributed by atoms with Crippen LogP contribution in [0.5, 0.6) is 0 Å². The molecule has 0 radical (unpaired) electrons. The van der Waals surface area contributed by atoms with Crippen LogP contribution in [0.2, 0.25) is 0 Å². The lowest BCUT2D eigenvalue weighted by molar-refractivity contribution is -0.123. The minimum Gasteiger partial charge on any atom is -0.353 e. The van der Waals surface area contributed by atoms with Gasteiger partial charge in [-0.25, -0.2) is 0 Å². The van der Waals surface area contributed by atoms with Crippen LogP contribution >= 0.6 is 0 Å². The summed E-state index contributed by atoms with van der Waals surface area (Å²) in [6.45, 7) is 0.550. The van der Waals surface area contributed by atoms with Gasteiger partial charge in [0.2, 0.25) is 5.91 Å². The zero-order valence-electron chi connectivity index (χ0n) is 14.2. The summed E-state index contributed by atoms with van der Waals surface area (Å²) in [4.78, 5) is 14.6. The fraction of sp³-hybridized carbons (Fsp3) is 0.412. The molecule has 1 aromatic carbocycles. The Morgan fingerprint density at radius 2 is 1.96 bits per heavy atom. The van der Waals surface area contributed by atoms with Crippen molar-refractivity contribution in [1.82, 2.24) is 25.3 Å². The lowest BCUT2D eigenvalue weighted by Gasteiger charge is -2.26. The lowest BCUT2D eigenvalue weighted by Crippen LogP contribution is -2.40. The van der Waals surface area contributed by atoms with E-state index in [0.29, 0.717) is 6.54 Å². The van der Waals surface area contributed by atoms with E-state index in [2.05, 4.69) is 32.8 Å². The average Bonchev–Trinajstić information content (AvgIpc) is 2.95. The SMILES string of the molecule is CNC(C(=O)NCC(c1ccccc1)N(C)C)c1cnn(C)c1. The third-order valence-electron chi connectivity index (χ3n) is 3.89. The van der Waals surface area contributed by atoms with Gasteiger partial charge < -0.3 is 15.5 Å². The highest BCUT2D eigenvalue weighted by atomic mass is 16.2. The number of hydrogen-bond acceptors (Lipinski definition) is 4. The van der Waals surface area contributed by atoms with Crippen molar-refractivity contribution in [3.05, 3.63) is 53.9 Å². The normalized spacial score (nSPS) is 13.8. The monoisotopic (exact) mass is 315 g/mol. The zero-order chi connectivity index (χ0) is 16.8. The van der Waals surface area contributed by atoms with E-state index in [9.17, 15) is 4.79 Å². The van der Waals surface area contributed by atoms with E-state index in [4.69, 9.17) is 0 Å². The van der Waals surface area contributed by atoms with Crippen molar-refractivity contribution in [2.45, 2.75) is 12.1 Å². The molecule has 23 heavy (non-hydrogen) atoms. The van der Waals surface area contributed by atoms with Gasteiger partial charge in [0.15, 0.2) is 0 Å². The second kappa shape index (κ2) is 7.89. The maximum atomic E-state index is 12.5. The summed E-state index contributed by atoms with van der Waals surface area (Å²) in [5.74, 6) is -0.0525. The van der Waals surface area contributed by atoms with Crippen LogP contribution in [0, 0.1) is 0 Å². The minimum absolute atomic E-state index is 0.0525. The van der Waals surface area contributed by atoms with Crippen molar-refractivity contribution in [2.75, 3.05) is 27.7 Å². The van der Waals surface area contributed by atoms with E-state index < -0.39 is 6.04 Å². The number of aryl methyl sites for hydroxylation is 1. The smallest absolute Gasteiger partial charge is 0.241 e. The van der Waals surface area contributed by atoms with Crippen LogP contribution in [0.3, 0.4) is 0 Å². The van der Waals surface area contributed by atoms with Gasteiger partial charge in [0.05, 0.1) is 12.2 Å². The van der Waals surface area contributed by atoms with Crippen molar-refractivity contribution in [2.24, 2.45) is 7.05 Å². The fourth-order valence-corrected chi connectivity index (χ4v) is 2.61. The van der Waals surface area contributed by atoms with E-state index in [1.54, 1.807) is 17.9 Å². The number of nitrogens with zero attached hydrogens (tertiary/aromatic N) is 3. The molecule has 1 heterocycles. The molecule has 2 aromatic rings. The van der Waals surface area contributed by atoms with E-state index in [1.165, 1.54) is 5.56 Å².